The van der Waals surface area contributed by atoms with E-state index in [1.165, 1.54) is 0 Å². The molecule has 0 saturated carbocycles. The Morgan fingerprint density at radius 1 is 0.696 bits per heavy atom. The van der Waals surface area contributed by atoms with E-state index in [1.807, 2.05) is 0 Å². The zero-order valence-electron chi connectivity index (χ0n) is 16.3. The molecule has 140 valence electrons. The van der Waals surface area contributed by atoms with Crippen LogP contribution >= 0.6 is 0 Å². The fourth-order valence-corrected chi connectivity index (χ4v) is 6.69. The van der Waals surface area contributed by atoms with E-state index in [-0.39, 0.29) is 0 Å². The first kappa shape index (κ1) is 23.2. The third-order valence-electron chi connectivity index (χ3n) is 4.83. The second-order valence-electron chi connectivity index (χ2n) is 6.03. The van der Waals surface area contributed by atoms with Crippen LogP contribution in [0.1, 0.15) is 46.5 Å². The highest BCUT2D eigenvalue weighted by atomic mass is 28.3. The summed E-state index contributed by atoms with van der Waals surface area (Å²) in [5.74, 6) is 0. The summed E-state index contributed by atoms with van der Waals surface area (Å²) in [5, 5.41) is 0. The van der Waals surface area contributed by atoms with Crippen molar-refractivity contribution in [1.29, 1.82) is 0 Å². The molecule has 0 aromatic carbocycles. The average molecular weight is 366 g/mol. The van der Waals surface area contributed by atoms with E-state index in [4.69, 9.17) is 17.7 Å². The Kier molecular flexibility index (Phi) is 14.7. The van der Waals surface area contributed by atoms with Crippen LogP contribution in [0, 0.1) is 0 Å². The van der Waals surface area contributed by atoms with E-state index >= 15 is 0 Å². The second kappa shape index (κ2) is 14.6. The van der Waals surface area contributed by atoms with E-state index in [2.05, 4.69) is 25.7 Å². The molecule has 0 amide bonds. The van der Waals surface area contributed by atoms with Crippen molar-refractivity contribution in [2.75, 3.05) is 48.1 Å². The zero-order valence-corrected chi connectivity index (χ0v) is 18.6. The molecule has 0 radical (unpaired) electrons. The summed E-state index contributed by atoms with van der Waals surface area (Å²) in [5.41, 5.74) is 1.17. The van der Waals surface area contributed by atoms with Gasteiger partial charge in [-0.2, -0.15) is 0 Å². The number of hydrogen-bond donors (Lipinski definition) is 0. The highest BCUT2D eigenvalue weighted by Crippen LogP contribution is 2.23. The van der Waals surface area contributed by atoms with Crippen molar-refractivity contribution in [1.82, 2.24) is 4.90 Å². The van der Waals surface area contributed by atoms with Crippen LogP contribution in [-0.2, 0) is 17.7 Å². The van der Waals surface area contributed by atoms with Gasteiger partial charge in [0.1, 0.15) is 0 Å². The minimum atomic E-state index is -1.51. The van der Waals surface area contributed by atoms with Gasteiger partial charge in [-0.1, -0.05) is 33.6 Å². The Balaban J connectivity index is 4.38. The quantitative estimate of drug-likeness (QED) is 0.417. The average Bonchev–Trinajstić information content (AvgIpc) is 2.59. The maximum atomic E-state index is 5.57. The molecule has 2 unspecified atom stereocenters. The van der Waals surface area contributed by atoms with Crippen molar-refractivity contribution in [3.63, 3.8) is 0 Å². The highest BCUT2D eigenvalue weighted by Gasteiger charge is 2.25. The van der Waals surface area contributed by atoms with E-state index in [1.54, 1.807) is 28.4 Å². The lowest BCUT2D eigenvalue weighted by Gasteiger charge is -2.28. The van der Waals surface area contributed by atoms with Crippen molar-refractivity contribution < 1.29 is 17.7 Å². The topological polar surface area (TPSA) is 40.2 Å². The van der Waals surface area contributed by atoms with Crippen LogP contribution in [0.15, 0.2) is 0 Å². The Bertz CT molecular complexity index is 242. The van der Waals surface area contributed by atoms with Crippen molar-refractivity contribution in [2.24, 2.45) is 0 Å². The third-order valence-corrected chi connectivity index (χ3v) is 9.83. The van der Waals surface area contributed by atoms with Gasteiger partial charge in [0.15, 0.2) is 0 Å². The molecular weight excluding hydrogens is 326 g/mol. The van der Waals surface area contributed by atoms with Crippen LogP contribution in [0.2, 0.25) is 11.1 Å². The fourth-order valence-electron chi connectivity index (χ4n) is 3.15. The molecule has 0 fully saturated rings. The van der Waals surface area contributed by atoms with Gasteiger partial charge in [0, 0.05) is 39.5 Å². The van der Waals surface area contributed by atoms with Crippen LogP contribution in [0.4, 0.5) is 0 Å². The number of hydrogen-bond acceptors (Lipinski definition) is 5. The fraction of sp³-hybridized carbons (Fsp3) is 1.00. The predicted molar refractivity (Wildman–Crippen MR) is 102 cm³/mol. The van der Waals surface area contributed by atoms with Gasteiger partial charge in [0.2, 0.25) is 0 Å². The summed E-state index contributed by atoms with van der Waals surface area (Å²) in [6.45, 7) is 10.0. The summed E-state index contributed by atoms with van der Waals surface area (Å²) in [4.78, 5) is 2.54. The van der Waals surface area contributed by atoms with Crippen LogP contribution in [0.3, 0.4) is 0 Å². The molecular formula is C16H39NO4Si2. The first-order valence-electron chi connectivity index (χ1n) is 8.95. The highest BCUT2D eigenvalue weighted by molar-refractivity contribution is 6.46. The minimum absolute atomic E-state index is 0.584. The predicted octanol–water partition coefficient (Wildman–Crippen LogP) is 2.68. The van der Waals surface area contributed by atoms with Gasteiger partial charge in [-0.3, -0.25) is 0 Å². The molecule has 2 atom stereocenters. The number of rotatable bonds is 15. The Morgan fingerprint density at radius 2 is 1.04 bits per heavy atom. The maximum Gasteiger partial charge on any atom is 0.324 e. The molecule has 23 heavy (non-hydrogen) atoms. The standard InChI is InChI=1S/C16H39NO4Si2/c1-8-15(22(18-4)19-5)11-13-17(10-3)14-12-16(9-2)23(20-6)21-7/h15-16,22-23H,8-14H2,1-7H3. The molecule has 0 aromatic rings. The maximum absolute atomic E-state index is 5.57. The van der Waals surface area contributed by atoms with E-state index in [0.717, 1.165) is 45.3 Å². The van der Waals surface area contributed by atoms with Crippen molar-refractivity contribution in [3.05, 3.63) is 0 Å². The molecule has 0 aliphatic carbocycles. The summed E-state index contributed by atoms with van der Waals surface area (Å²) in [6.07, 6.45) is 4.59. The summed E-state index contributed by atoms with van der Waals surface area (Å²) < 4.78 is 22.3. The van der Waals surface area contributed by atoms with Gasteiger partial charge in [-0.25, -0.2) is 0 Å². The zero-order chi connectivity index (χ0) is 17.7. The molecule has 0 heterocycles. The molecule has 0 aliphatic rings. The molecule has 0 saturated heterocycles. The van der Waals surface area contributed by atoms with E-state index in [0.29, 0.717) is 11.1 Å². The van der Waals surface area contributed by atoms with E-state index < -0.39 is 18.6 Å². The molecule has 0 spiro atoms. The normalized spacial score (nSPS) is 14.9. The molecule has 7 heteroatoms. The first-order valence-corrected chi connectivity index (χ1v) is 12.2. The SMILES string of the molecule is CCC(CCN(CC)CCC(CC)[SiH](OC)OC)[SiH](OC)OC. The molecule has 0 bridgehead atoms. The largest absolute Gasteiger partial charge is 0.400 e. The summed E-state index contributed by atoms with van der Waals surface area (Å²) in [7, 11) is 4.12. The molecule has 0 aromatic heterocycles. The summed E-state index contributed by atoms with van der Waals surface area (Å²) >= 11 is 0. The smallest absolute Gasteiger partial charge is 0.324 e. The molecule has 5 nitrogen and oxygen atoms in total. The van der Waals surface area contributed by atoms with Gasteiger partial charge >= 0.3 is 18.6 Å². The van der Waals surface area contributed by atoms with E-state index in [9.17, 15) is 0 Å². The Labute approximate surface area is 147 Å². The monoisotopic (exact) mass is 365 g/mol. The first-order chi connectivity index (χ1) is 11.1. The van der Waals surface area contributed by atoms with Crippen LogP contribution in [-0.4, -0.2) is 71.5 Å². The van der Waals surface area contributed by atoms with Crippen molar-refractivity contribution in [3.8, 4) is 0 Å². The van der Waals surface area contributed by atoms with Gasteiger partial charge in [0.05, 0.1) is 0 Å². The minimum Gasteiger partial charge on any atom is -0.400 e. The Morgan fingerprint density at radius 3 is 1.26 bits per heavy atom. The molecule has 0 rings (SSSR count). The van der Waals surface area contributed by atoms with Gasteiger partial charge in [-0.15, -0.1) is 0 Å². The van der Waals surface area contributed by atoms with Gasteiger partial charge < -0.3 is 22.6 Å². The second-order valence-corrected chi connectivity index (χ2v) is 11.3. The van der Waals surface area contributed by atoms with Gasteiger partial charge in [0.25, 0.3) is 0 Å². The molecule has 0 N–H and O–H groups in total. The van der Waals surface area contributed by atoms with Crippen LogP contribution in [0.25, 0.3) is 0 Å². The lowest BCUT2D eigenvalue weighted by Crippen LogP contribution is -2.33. The summed E-state index contributed by atoms with van der Waals surface area (Å²) in [6, 6.07) is 0. The van der Waals surface area contributed by atoms with Gasteiger partial charge in [-0.05, 0) is 32.5 Å². The third kappa shape index (κ3) is 8.76. The van der Waals surface area contributed by atoms with Crippen molar-refractivity contribution in [2.45, 2.75) is 57.5 Å². The lowest BCUT2D eigenvalue weighted by molar-refractivity contribution is 0.231. The van der Waals surface area contributed by atoms with Crippen LogP contribution in [0.5, 0.6) is 0 Å². The molecule has 0 aliphatic heterocycles. The van der Waals surface area contributed by atoms with Crippen LogP contribution < -0.4 is 0 Å². The Hall–Kier alpha value is 0.234. The lowest BCUT2D eigenvalue weighted by atomic mass is 10.2. The number of nitrogens with zero attached hydrogens (tertiary/aromatic N) is 1. The van der Waals surface area contributed by atoms with Crippen molar-refractivity contribution >= 4 is 18.6 Å².